The highest BCUT2D eigenvalue weighted by Crippen LogP contribution is 2.31. The summed E-state index contributed by atoms with van der Waals surface area (Å²) in [5.74, 6) is -0.600. The van der Waals surface area contributed by atoms with E-state index in [1.165, 1.54) is 25.0 Å². The van der Waals surface area contributed by atoms with Crippen LogP contribution in [0.15, 0.2) is 12.1 Å². The van der Waals surface area contributed by atoms with Gasteiger partial charge in [-0.3, -0.25) is 4.79 Å². The molecule has 1 saturated carbocycles. The summed E-state index contributed by atoms with van der Waals surface area (Å²) < 4.78 is 13.1. The van der Waals surface area contributed by atoms with Crippen molar-refractivity contribution in [1.82, 2.24) is 5.32 Å². The molecule has 0 aliphatic heterocycles. The zero-order chi connectivity index (χ0) is 15.2. The Balaban J connectivity index is 1.86. The summed E-state index contributed by atoms with van der Waals surface area (Å²) in [5.41, 5.74) is 0.385. The zero-order valence-corrected chi connectivity index (χ0v) is 13.2. The highest BCUT2D eigenvalue weighted by atomic mass is 35.5. The van der Waals surface area contributed by atoms with Crippen LogP contribution >= 0.6 is 23.2 Å². The van der Waals surface area contributed by atoms with Crippen molar-refractivity contribution in [1.29, 1.82) is 0 Å². The smallest absolute Gasteiger partial charge is 0.239 e. The standard InChI is InChI=1S/C15H19Cl2FN2O/c16-12-7-10(18)8-13(17)15(12)19-9-14(21)20-11-5-3-1-2-4-6-11/h7-8,11,19H,1-6,9H2,(H,20,21). The maximum Gasteiger partial charge on any atom is 0.239 e. The first-order chi connectivity index (χ1) is 10.1. The largest absolute Gasteiger partial charge is 0.374 e. The molecule has 1 aliphatic rings. The van der Waals surface area contributed by atoms with E-state index in [-0.39, 0.29) is 28.5 Å². The molecule has 1 aromatic carbocycles. The van der Waals surface area contributed by atoms with E-state index in [1.807, 2.05) is 0 Å². The number of hydrogen-bond acceptors (Lipinski definition) is 2. The van der Waals surface area contributed by atoms with Gasteiger partial charge >= 0.3 is 0 Å². The van der Waals surface area contributed by atoms with E-state index >= 15 is 0 Å². The van der Waals surface area contributed by atoms with E-state index in [0.717, 1.165) is 25.7 Å². The number of anilines is 1. The fourth-order valence-corrected chi connectivity index (χ4v) is 3.18. The summed E-state index contributed by atoms with van der Waals surface area (Å²) >= 11 is 11.8. The lowest BCUT2D eigenvalue weighted by Crippen LogP contribution is -2.38. The zero-order valence-electron chi connectivity index (χ0n) is 11.7. The maximum atomic E-state index is 13.1. The summed E-state index contributed by atoms with van der Waals surface area (Å²) in [6.07, 6.45) is 6.87. The van der Waals surface area contributed by atoms with E-state index in [4.69, 9.17) is 23.2 Å². The van der Waals surface area contributed by atoms with Crippen LogP contribution in [0, 0.1) is 5.82 Å². The van der Waals surface area contributed by atoms with Crippen molar-refractivity contribution in [3.8, 4) is 0 Å². The monoisotopic (exact) mass is 332 g/mol. The lowest BCUT2D eigenvalue weighted by atomic mass is 10.1. The van der Waals surface area contributed by atoms with Crippen LogP contribution in [0.4, 0.5) is 10.1 Å². The highest BCUT2D eigenvalue weighted by Gasteiger charge is 2.15. The molecule has 1 aromatic rings. The third-order valence-corrected chi connectivity index (χ3v) is 4.25. The number of benzene rings is 1. The van der Waals surface area contributed by atoms with Crippen LogP contribution in [-0.2, 0) is 4.79 Å². The summed E-state index contributed by atoms with van der Waals surface area (Å²) in [5, 5.41) is 6.23. The van der Waals surface area contributed by atoms with Gasteiger partial charge in [0.25, 0.3) is 0 Å². The summed E-state index contributed by atoms with van der Waals surface area (Å²) in [6, 6.07) is 2.58. The third kappa shape index (κ3) is 5.04. The average Bonchev–Trinajstić information content (AvgIpc) is 2.66. The molecule has 2 N–H and O–H groups in total. The highest BCUT2D eigenvalue weighted by molar-refractivity contribution is 6.39. The molecule has 3 nitrogen and oxygen atoms in total. The van der Waals surface area contributed by atoms with Crippen LogP contribution in [0.5, 0.6) is 0 Å². The van der Waals surface area contributed by atoms with Crippen LogP contribution in [0.25, 0.3) is 0 Å². The van der Waals surface area contributed by atoms with E-state index in [2.05, 4.69) is 10.6 Å². The van der Waals surface area contributed by atoms with Crippen molar-refractivity contribution in [2.24, 2.45) is 0 Å². The van der Waals surface area contributed by atoms with Gasteiger partial charge in [0.05, 0.1) is 22.3 Å². The summed E-state index contributed by atoms with van der Waals surface area (Å²) in [6.45, 7) is 0.0710. The van der Waals surface area contributed by atoms with Crippen LogP contribution in [0.2, 0.25) is 10.0 Å². The second-order valence-corrected chi connectivity index (χ2v) is 6.17. The molecular formula is C15H19Cl2FN2O. The fourth-order valence-electron chi connectivity index (χ4n) is 2.58. The van der Waals surface area contributed by atoms with Gasteiger partial charge in [0.2, 0.25) is 5.91 Å². The molecule has 6 heteroatoms. The van der Waals surface area contributed by atoms with E-state index in [0.29, 0.717) is 5.69 Å². The molecule has 0 spiro atoms. The predicted molar refractivity (Wildman–Crippen MR) is 84.5 cm³/mol. The van der Waals surface area contributed by atoms with Crippen molar-refractivity contribution in [3.63, 3.8) is 0 Å². The number of rotatable bonds is 4. The Labute approximate surface area is 134 Å². The Hall–Kier alpha value is -1.00. The topological polar surface area (TPSA) is 41.1 Å². The van der Waals surface area contributed by atoms with Gasteiger partial charge in [-0.05, 0) is 25.0 Å². The van der Waals surface area contributed by atoms with Crippen molar-refractivity contribution in [2.45, 2.75) is 44.6 Å². The van der Waals surface area contributed by atoms with Crippen LogP contribution in [-0.4, -0.2) is 18.5 Å². The molecule has 0 unspecified atom stereocenters. The van der Waals surface area contributed by atoms with Gasteiger partial charge in [-0.15, -0.1) is 0 Å². The number of nitrogens with one attached hydrogen (secondary N) is 2. The first-order valence-corrected chi connectivity index (χ1v) is 7.99. The molecule has 0 aromatic heterocycles. The molecule has 2 rings (SSSR count). The summed E-state index contributed by atoms with van der Waals surface area (Å²) in [7, 11) is 0. The molecule has 0 atom stereocenters. The second kappa shape index (κ2) is 7.85. The van der Waals surface area contributed by atoms with E-state index < -0.39 is 5.82 Å². The van der Waals surface area contributed by atoms with Gasteiger partial charge in [-0.1, -0.05) is 48.9 Å². The first-order valence-electron chi connectivity index (χ1n) is 7.24. The first kappa shape index (κ1) is 16.4. The lowest BCUT2D eigenvalue weighted by molar-refractivity contribution is -0.120. The van der Waals surface area contributed by atoms with Crippen LogP contribution < -0.4 is 10.6 Å². The Bertz CT molecular complexity index is 479. The van der Waals surface area contributed by atoms with Crippen LogP contribution in [0.1, 0.15) is 38.5 Å². The Kier molecular flexibility index (Phi) is 6.12. The van der Waals surface area contributed by atoms with Gasteiger partial charge in [0, 0.05) is 6.04 Å². The SMILES string of the molecule is O=C(CNc1c(Cl)cc(F)cc1Cl)NC1CCCCCC1. The fraction of sp³-hybridized carbons (Fsp3) is 0.533. The lowest BCUT2D eigenvalue weighted by Gasteiger charge is -2.17. The number of hydrogen-bond donors (Lipinski definition) is 2. The Morgan fingerprint density at radius 2 is 1.71 bits per heavy atom. The minimum atomic E-state index is -0.501. The molecular weight excluding hydrogens is 314 g/mol. The number of halogens is 3. The van der Waals surface area contributed by atoms with Crippen LogP contribution in [0.3, 0.4) is 0 Å². The number of carbonyl (C=O) groups is 1. The molecule has 0 bridgehead atoms. The quantitative estimate of drug-likeness (QED) is 0.803. The minimum Gasteiger partial charge on any atom is -0.374 e. The molecule has 0 heterocycles. The molecule has 21 heavy (non-hydrogen) atoms. The average molecular weight is 333 g/mol. The number of amides is 1. The third-order valence-electron chi connectivity index (χ3n) is 3.65. The van der Waals surface area contributed by atoms with Crippen molar-refractivity contribution >= 4 is 34.8 Å². The van der Waals surface area contributed by atoms with Gasteiger partial charge in [-0.25, -0.2) is 4.39 Å². The van der Waals surface area contributed by atoms with E-state index in [1.54, 1.807) is 0 Å². The second-order valence-electron chi connectivity index (χ2n) is 5.35. The van der Waals surface area contributed by atoms with Gasteiger partial charge < -0.3 is 10.6 Å². The van der Waals surface area contributed by atoms with Crippen molar-refractivity contribution in [3.05, 3.63) is 28.0 Å². The van der Waals surface area contributed by atoms with Crippen molar-refractivity contribution < 1.29 is 9.18 Å². The Morgan fingerprint density at radius 3 is 2.29 bits per heavy atom. The molecule has 116 valence electrons. The summed E-state index contributed by atoms with van der Waals surface area (Å²) in [4.78, 5) is 12.0. The minimum absolute atomic E-state index is 0.0710. The number of carbonyl (C=O) groups excluding carboxylic acids is 1. The van der Waals surface area contributed by atoms with Gasteiger partial charge in [-0.2, -0.15) is 0 Å². The molecule has 1 amide bonds. The molecule has 0 radical (unpaired) electrons. The van der Waals surface area contributed by atoms with E-state index in [9.17, 15) is 9.18 Å². The normalized spacial score (nSPS) is 16.3. The predicted octanol–water partition coefficient (Wildman–Crippen LogP) is 4.38. The molecule has 1 aliphatic carbocycles. The maximum absolute atomic E-state index is 13.1. The van der Waals surface area contributed by atoms with Gasteiger partial charge in [0.15, 0.2) is 0 Å². The molecule has 0 saturated heterocycles. The van der Waals surface area contributed by atoms with Gasteiger partial charge in [0.1, 0.15) is 5.82 Å². The Morgan fingerprint density at radius 1 is 1.14 bits per heavy atom. The van der Waals surface area contributed by atoms with Crippen molar-refractivity contribution in [2.75, 3.05) is 11.9 Å². The molecule has 1 fully saturated rings.